The van der Waals surface area contributed by atoms with Gasteiger partial charge in [-0.2, -0.15) is 0 Å². The van der Waals surface area contributed by atoms with E-state index in [0.29, 0.717) is 11.6 Å². The molecule has 2 aromatic heterocycles. The fourth-order valence-electron chi connectivity index (χ4n) is 10.6. The van der Waals surface area contributed by atoms with Gasteiger partial charge in [0.1, 0.15) is 0 Å². The van der Waals surface area contributed by atoms with Crippen molar-refractivity contribution >= 4 is 21.5 Å². The average Bonchev–Trinajstić information content (AvgIpc) is 3.63. The van der Waals surface area contributed by atoms with Crippen molar-refractivity contribution in [2.24, 2.45) is 0 Å². The van der Waals surface area contributed by atoms with Crippen molar-refractivity contribution in [3.8, 4) is 78.7 Å². The molecule has 2 aliphatic rings. The molecule has 0 saturated carbocycles. The summed E-state index contributed by atoms with van der Waals surface area (Å²) in [7, 11) is 0. The van der Waals surface area contributed by atoms with Gasteiger partial charge in [0.05, 0.1) is 22.4 Å². The summed E-state index contributed by atoms with van der Waals surface area (Å²) >= 11 is 0. The zero-order chi connectivity index (χ0) is 41.5. The molecule has 0 aliphatic heterocycles. The van der Waals surface area contributed by atoms with Gasteiger partial charge < -0.3 is 0 Å². The SMILES string of the molecule is c1ccc(-c2cc(-c3ccc4c(c3)C3(c5ccccc5-c5ccccc5-4)c4ccccc4-c4c3c3ccccc3c3ccccc43)nc(-c3cnc(-c4ccccc4)nc3)n2)cc1. The van der Waals surface area contributed by atoms with Crippen LogP contribution in [0.25, 0.3) is 100 Å². The van der Waals surface area contributed by atoms with Crippen LogP contribution < -0.4 is 0 Å². The van der Waals surface area contributed by atoms with Gasteiger partial charge in [-0.15, -0.1) is 0 Å². The van der Waals surface area contributed by atoms with E-state index < -0.39 is 5.41 Å². The van der Waals surface area contributed by atoms with Crippen LogP contribution in [0.4, 0.5) is 0 Å². The number of benzene rings is 9. The van der Waals surface area contributed by atoms with Gasteiger partial charge >= 0.3 is 0 Å². The Morgan fingerprint density at radius 3 is 1.48 bits per heavy atom. The molecule has 2 heterocycles. The number of rotatable bonds is 4. The first-order valence-electron chi connectivity index (χ1n) is 21.5. The van der Waals surface area contributed by atoms with Crippen LogP contribution >= 0.6 is 0 Å². The fourth-order valence-corrected chi connectivity index (χ4v) is 10.6. The van der Waals surface area contributed by atoms with Crippen molar-refractivity contribution in [3.05, 3.63) is 241 Å². The molecule has 0 radical (unpaired) electrons. The summed E-state index contributed by atoms with van der Waals surface area (Å²) in [5.41, 5.74) is 17.2. The molecular weight excluding hydrogens is 765 g/mol. The van der Waals surface area contributed by atoms with E-state index in [1.165, 1.54) is 77.2 Å². The standard InChI is InChI=1S/C59H36N4/c1-3-17-37(18-4-1)53-34-54(63-58(62-53)40-35-60-57(61-36-40)38-19-5-2-6-20-38)39-31-32-46-42-22-8-7-21-41(42)45-25-13-15-29-50(45)59(52(46)33-39)51-30-16-14-28-49(51)55-47-26-11-9-23-43(47)44-24-10-12-27-48(44)56(55)59/h1-36H. The Labute approximate surface area is 364 Å². The van der Waals surface area contributed by atoms with E-state index in [0.717, 1.165) is 33.6 Å². The molecule has 0 amide bonds. The first kappa shape index (κ1) is 35.4. The maximum Gasteiger partial charge on any atom is 0.163 e. The minimum absolute atomic E-state index is 0.570. The van der Waals surface area contributed by atoms with Crippen LogP contribution in [0.15, 0.2) is 219 Å². The minimum atomic E-state index is -0.699. The number of hydrogen-bond donors (Lipinski definition) is 0. The van der Waals surface area contributed by atoms with E-state index >= 15 is 0 Å². The zero-order valence-corrected chi connectivity index (χ0v) is 34.1. The number of fused-ring (bicyclic) bond motifs is 17. The smallest absolute Gasteiger partial charge is 0.163 e. The van der Waals surface area contributed by atoms with Crippen LogP contribution in [-0.4, -0.2) is 19.9 Å². The summed E-state index contributed by atoms with van der Waals surface area (Å²) < 4.78 is 0. The average molecular weight is 801 g/mol. The Kier molecular flexibility index (Phi) is 7.79. The Balaban J connectivity index is 1.14. The van der Waals surface area contributed by atoms with Crippen LogP contribution in [0.5, 0.6) is 0 Å². The molecule has 0 fully saturated rings. The van der Waals surface area contributed by atoms with Crippen molar-refractivity contribution in [2.75, 3.05) is 0 Å². The van der Waals surface area contributed by atoms with Gasteiger partial charge in [-0.05, 0) is 89.3 Å². The van der Waals surface area contributed by atoms with Gasteiger partial charge in [0.2, 0.25) is 0 Å². The van der Waals surface area contributed by atoms with Gasteiger partial charge in [-0.3, -0.25) is 0 Å². The van der Waals surface area contributed by atoms with Gasteiger partial charge in [0, 0.05) is 29.1 Å². The van der Waals surface area contributed by atoms with Gasteiger partial charge in [-0.1, -0.05) is 194 Å². The summed E-state index contributed by atoms with van der Waals surface area (Å²) in [5, 5.41) is 5.04. The quantitative estimate of drug-likeness (QED) is 0.166. The van der Waals surface area contributed by atoms with E-state index in [4.69, 9.17) is 19.9 Å². The Hall–Kier alpha value is -8.34. The fraction of sp³-hybridized carbons (Fsp3) is 0.0169. The summed E-state index contributed by atoms with van der Waals surface area (Å²) in [6.07, 6.45) is 3.68. The predicted molar refractivity (Wildman–Crippen MR) is 256 cm³/mol. The zero-order valence-electron chi connectivity index (χ0n) is 34.1. The molecule has 1 unspecified atom stereocenters. The normalized spacial score (nSPS) is 14.4. The highest BCUT2D eigenvalue weighted by Crippen LogP contribution is 2.64. The third kappa shape index (κ3) is 5.22. The van der Waals surface area contributed by atoms with E-state index in [1.807, 2.05) is 48.8 Å². The molecular formula is C59H36N4. The van der Waals surface area contributed by atoms with Crippen LogP contribution in [0, 0.1) is 0 Å². The Morgan fingerprint density at radius 2 is 0.794 bits per heavy atom. The van der Waals surface area contributed by atoms with Crippen LogP contribution in [0.2, 0.25) is 0 Å². The van der Waals surface area contributed by atoms with Gasteiger partial charge in [0.15, 0.2) is 11.6 Å². The lowest BCUT2D eigenvalue weighted by atomic mass is 9.64. The minimum Gasteiger partial charge on any atom is -0.236 e. The van der Waals surface area contributed by atoms with Crippen LogP contribution in [0.1, 0.15) is 22.3 Å². The van der Waals surface area contributed by atoms with E-state index in [1.54, 1.807) is 0 Å². The van der Waals surface area contributed by atoms with E-state index in [-0.39, 0.29) is 0 Å². The molecule has 1 atom stereocenters. The lowest BCUT2D eigenvalue weighted by Crippen LogP contribution is -2.29. The number of hydrogen-bond acceptors (Lipinski definition) is 4. The molecule has 11 aromatic rings. The summed E-state index contributed by atoms with van der Waals surface area (Å²) in [6, 6.07) is 74.7. The first-order valence-corrected chi connectivity index (χ1v) is 21.5. The number of aromatic nitrogens is 4. The van der Waals surface area contributed by atoms with Crippen molar-refractivity contribution in [2.45, 2.75) is 5.41 Å². The molecule has 0 saturated heterocycles. The molecule has 0 N–H and O–H groups in total. The molecule has 4 nitrogen and oxygen atoms in total. The molecule has 2 aliphatic carbocycles. The largest absolute Gasteiger partial charge is 0.236 e. The van der Waals surface area contributed by atoms with Crippen molar-refractivity contribution < 1.29 is 0 Å². The molecule has 9 aromatic carbocycles. The second kappa shape index (κ2) is 13.8. The van der Waals surface area contributed by atoms with E-state index in [2.05, 4.69) is 170 Å². The van der Waals surface area contributed by atoms with Crippen molar-refractivity contribution in [1.82, 2.24) is 19.9 Å². The third-order valence-corrected chi connectivity index (χ3v) is 13.2. The topological polar surface area (TPSA) is 51.6 Å². The highest BCUT2D eigenvalue weighted by Gasteiger charge is 2.51. The molecule has 292 valence electrons. The highest BCUT2D eigenvalue weighted by atomic mass is 14.9. The lowest BCUT2D eigenvalue weighted by Gasteiger charge is -2.36. The summed E-state index contributed by atoms with van der Waals surface area (Å²) in [6.45, 7) is 0. The second-order valence-electron chi connectivity index (χ2n) is 16.5. The van der Waals surface area contributed by atoms with Crippen molar-refractivity contribution in [3.63, 3.8) is 0 Å². The van der Waals surface area contributed by atoms with Crippen LogP contribution in [-0.2, 0) is 5.41 Å². The first-order chi connectivity index (χ1) is 31.3. The van der Waals surface area contributed by atoms with Crippen molar-refractivity contribution in [1.29, 1.82) is 0 Å². The third-order valence-electron chi connectivity index (χ3n) is 13.2. The lowest BCUT2D eigenvalue weighted by molar-refractivity contribution is 0.783. The molecule has 63 heavy (non-hydrogen) atoms. The van der Waals surface area contributed by atoms with Gasteiger partial charge in [0.25, 0.3) is 0 Å². The maximum absolute atomic E-state index is 5.37. The highest BCUT2D eigenvalue weighted by molar-refractivity contribution is 6.19. The monoisotopic (exact) mass is 800 g/mol. The number of nitrogens with zero attached hydrogens (tertiary/aromatic N) is 4. The van der Waals surface area contributed by atoms with Gasteiger partial charge in [-0.25, -0.2) is 19.9 Å². The second-order valence-corrected chi connectivity index (χ2v) is 16.5. The van der Waals surface area contributed by atoms with Crippen LogP contribution in [0.3, 0.4) is 0 Å². The van der Waals surface area contributed by atoms with E-state index in [9.17, 15) is 0 Å². The Bertz CT molecular complexity index is 3620. The summed E-state index contributed by atoms with van der Waals surface area (Å²) in [4.78, 5) is 20.1. The molecule has 0 bridgehead atoms. The molecule has 13 rings (SSSR count). The molecule has 1 spiro atoms. The maximum atomic E-state index is 5.37. The Morgan fingerprint density at radius 1 is 0.302 bits per heavy atom. The molecule has 4 heteroatoms. The summed E-state index contributed by atoms with van der Waals surface area (Å²) in [5.74, 6) is 1.23. The predicted octanol–water partition coefficient (Wildman–Crippen LogP) is 14.3.